The van der Waals surface area contributed by atoms with Crippen LogP contribution in [0.25, 0.3) is 17.0 Å². The van der Waals surface area contributed by atoms with E-state index in [2.05, 4.69) is 20.6 Å². The van der Waals surface area contributed by atoms with Crippen LogP contribution in [0, 0.1) is 0 Å². The Morgan fingerprint density at radius 3 is 2.52 bits per heavy atom. The first kappa shape index (κ1) is 22.0. The van der Waals surface area contributed by atoms with Gasteiger partial charge in [-0.05, 0) is 24.3 Å². The number of carbonyl (C=O) groups is 3. The third-order valence-corrected chi connectivity index (χ3v) is 5.01. The molecule has 1 saturated heterocycles. The van der Waals surface area contributed by atoms with Crippen molar-refractivity contribution in [3.05, 3.63) is 30.3 Å². The van der Waals surface area contributed by atoms with Crippen LogP contribution in [-0.4, -0.2) is 76.3 Å². The zero-order chi connectivity index (χ0) is 23.4. The van der Waals surface area contributed by atoms with E-state index in [0.29, 0.717) is 28.9 Å². The van der Waals surface area contributed by atoms with Gasteiger partial charge in [0.25, 0.3) is 0 Å². The molecule has 12 heteroatoms. The molecule has 4 rings (SSSR count). The van der Waals surface area contributed by atoms with Gasteiger partial charge in [-0.3, -0.25) is 19.3 Å². The van der Waals surface area contributed by atoms with Crippen LogP contribution in [0.15, 0.2) is 30.3 Å². The number of nitrogens with zero attached hydrogens (tertiary/aromatic N) is 5. The Bertz CT molecular complexity index is 1190. The number of hydrogen-bond donors (Lipinski definition) is 1. The van der Waals surface area contributed by atoms with Crippen molar-refractivity contribution in [3.8, 4) is 28.8 Å². The summed E-state index contributed by atoms with van der Waals surface area (Å²) < 4.78 is 17.8. The highest BCUT2D eigenvalue weighted by molar-refractivity contribution is 6.04. The number of likely N-dealkylation sites (tertiary alicyclic amines) is 1. The molecule has 0 bridgehead atoms. The number of carbonyl (C=O) groups excluding carboxylic acids is 3. The monoisotopic (exact) mass is 454 g/mol. The molecule has 1 aliphatic rings. The van der Waals surface area contributed by atoms with E-state index in [4.69, 9.17) is 14.2 Å². The normalized spacial score (nSPS) is 13.5. The topological polar surface area (TPSA) is 137 Å². The highest BCUT2D eigenvalue weighted by atomic mass is 16.5. The van der Waals surface area contributed by atoms with Crippen LogP contribution in [0.4, 0.5) is 0 Å². The molecule has 0 spiro atoms. The van der Waals surface area contributed by atoms with Crippen molar-refractivity contribution in [2.24, 2.45) is 0 Å². The van der Waals surface area contributed by atoms with E-state index in [1.54, 1.807) is 43.0 Å². The maximum absolute atomic E-state index is 12.0. The first-order valence-corrected chi connectivity index (χ1v) is 10.2. The molecule has 1 N–H and O–H groups in total. The smallest absolute Gasteiger partial charge is 0.240 e. The minimum Gasteiger partial charge on any atom is -0.493 e. The van der Waals surface area contributed by atoms with Crippen molar-refractivity contribution in [3.63, 3.8) is 0 Å². The van der Waals surface area contributed by atoms with Crippen molar-refractivity contribution >= 4 is 23.4 Å². The molecule has 33 heavy (non-hydrogen) atoms. The molecule has 3 heterocycles. The number of nitrogens with one attached hydrogen (secondary N) is 1. The SMILES string of the molecule is COc1ccc(-c2nnc3ccc(OCCNC(=O)CN4C(=O)CCC4=O)nn23)cc1OC. The number of benzene rings is 1. The minimum atomic E-state index is -0.430. The molecule has 1 aliphatic heterocycles. The second kappa shape index (κ2) is 9.51. The van der Waals surface area contributed by atoms with Crippen LogP contribution in [0.2, 0.25) is 0 Å². The molecular weight excluding hydrogens is 432 g/mol. The Balaban J connectivity index is 1.38. The highest BCUT2D eigenvalue weighted by Crippen LogP contribution is 2.31. The fourth-order valence-electron chi connectivity index (χ4n) is 3.35. The zero-order valence-corrected chi connectivity index (χ0v) is 18.1. The van der Waals surface area contributed by atoms with Gasteiger partial charge in [0.2, 0.25) is 23.6 Å². The third kappa shape index (κ3) is 4.68. The molecule has 0 saturated carbocycles. The van der Waals surface area contributed by atoms with E-state index in [9.17, 15) is 14.4 Å². The second-order valence-corrected chi connectivity index (χ2v) is 7.11. The number of methoxy groups -OCH3 is 2. The molecule has 1 aromatic carbocycles. The Kier molecular flexibility index (Phi) is 6.33. The number of ether oxygens (including phenoxy) is 3. The molecule has 0 atom stereocenters. The van der Waals surface area contributed by atoms with Crippen LogP contribution < -0.4 is 19.5 Å². The summed E-state index contributed by atoms with van der Waals surface area (Å²) in [5.74, 6) is 0.846. The van der Waals surface area contributed by atoms with E-state index in [1.807, 2.05) is 6.07 Å². The Labute approximate surface area is 188 Å². The van der Waals surface area contributed by atoms with E-state index in [1.165, 1.54) is 0 Å². The summed E-state index contributed by atoms with van der Waals surface area (Å²) in [6.45, 7) is 0.0384. The minimum absolute atomic E-state index is 0.139. The molecule has 3 amide bonds. The summed E-state index contributed by atoms with van der Waals surface area (Å²) in [5.41, 5.74) is 1.25. The molecule has 3 aromatic rings. The van der Waals surface area contributed by atoms with E-state index in [-0.39, 0.29) is 44.4 Å². The van der Waals surface area contributed by atoms with Gasteiger partial charge in [0.05, 0.1) is 20.8 Å². The first-order chi connectivity index (χ1) is 16.0. The van der Waals surface area contributed by atoms with E-state index < -0.39 is 5.91 Å². The van der Waals surface area contributed by atoms with Crippen LogP contribution in [0.5, 0.6) is 17.4 Å². The Hall–Kier alpha value is -4.22. The van der Waals surface area contributed by atoms with Crippen molar-refractivity contribution in [2.75, 3.05) is 33.9 Å². The standard InChI is InChI=1S/C21H22N6O6/c1-31-14-4-3-13(11-15(14)32-2)21-24-23-16-5-6-18(25-27(16)21)33-10-9-22-17(28)12-26-19(29)7-8-20(26)30/h3-6,11H,7-10,12H2,1-2H3,(H,22,28). The molecule has 172 valence electrons. The fraction of sp³-hybridized carbons (Fsp3) is 0.333. The summed E-state index contributed by atoms with van der Waals surface area (Å²) >= 11 is 0. The molecular formula is C21H22N6O6. The van der Waals surface area contributed by atoms with E-state index >= 15 is 0 Å². The average molecular weight is 454 g/mol. The van der Waals surface area contributed by atoms with Crippen LogP contribution in [0.1, 0.15) is 12.8 Å². The van der Waals surface area contributed by atoms with Crippen LogP contribution in [0.3, 0.4) is 0 Å². The zero-order valence-electron chi connectivity index (χ0n) is 18.1. The van der Waals surface area contributed by atoms with Gasteiger partial charge in [-0.2, -0.15) is 4.52 Å². The molecule has 0 unspecified atom stereocenters. The quantitative estimate of drug-likeness (QED) is 0.361. The first-order valence-electron chi connectivity index (χ1n) is 10.2. The molecule has 1 fully saturated rings. The van der Waals surface area contributed by atoms with Crippen molar-refractivity contribution < 1.29 is 28.6 Å². The number of amides is 3. The predicted octanol–water partition coefficient (Wildman–Crippen LogP) is 0.452. The van der Waals surface area contributed by atoms with Gasteiger partial charge in [-0.15, -0.1) is 15.3 Å². The van der Waals surface area contributed by atoms with Gasteiger partial charge in [0.15, 0.2) is 23.0 Å². The van der Waals surface area contributed by atoms with Gasteiger partial charge in [-0.25, -0.2) is 0 Å². The molecule has 12 nitrogen and oxygen atoms in total. The number of hydrogen-bond acceptors (Lipinski definition) is 9. The van der Waals surface area contributed by atoms with Gasteiger partial charge < -0.3 is 19.5 Å². The number of aromatic nitrogens is 4. The highest BCUT2D eigenvalue weighted by Gasteiger charge is 2.30. The lowest BCUT2D eigenvalue weighted by Crippen LogP contribution is -2.41. The summed E-state index contributed by atoms with van der Waals surface area (Å²) in [4.78, 5) is 36.1. The summed E-state index contributed by atoms with van der Waals surface area (Å²) in [6, 6.07) is 8.71. The third-order valence-electron chi connectivity index (χ3n) is 5.01. The van der Waals surface area contributed by atoms with Crippen molar-refractivity contribution in [1.82, 2.24) is 30.0 Å². The average Bonchev–Trinajstić information content (AvgIpc) is 3.39. The maximum atomic E-state index is 12.0. The lowest BCUT2D eigenvalue weighted by Gasteiger charge is -2.13. The fourth-order valence-corrected chi connectivity index (χ4v) is 3.35. The van der Waals surface area contributed by atoms with Crippen LogP contribution >= 0.6 is 0 Å². The van der Waals surface area contributed by atoms with Crippen molar-refractivity contribution in [2.45, 2.75) is 12.8 Å². The number of fused-ring (bicyclic) bond motifs is 1. The van der Waals surface area contributed by atoms with Gasteiger partial charge in [-0.1, -0.05) is 0 Å². The van der Waals surface area contributed by atoms with Crippen LogP contribution in [-0.2, 0) is 14.4 Å². The number of rotatable bonds is 9. The lowest BCUT2D eigenvalue weighted by molar-refractivity contribution is -0.142. The Morgan fingerprint density at radius 2 is 1.79 bits per heavy atom. The largest absolute Gasteiger partial charge is 0.493 e. The lowest BCUT2D eigenvalue weighted by atomic mass is 10.2. The second-order valence-electron chi connectivity index (χ2n) is 7.11. The number of imide groups is 1. The van der Waals surface area contributed by atoms with Crippen molar-refractivity contribution in [1.29, 1.82) is 0 Å². The van der Waals surface area contributed by atoms with Gasteiger partial charge in [0, 0.05) is 24.5 Å². The summed E-state index contributed by atoms with van der Waals surface area (Å²) in [5, 5.41) is 15.4. The van der Waals surface area contributed by atoms with Gasteiger partial charge >= 0.3 is 0 Å². The van der Waals surface area contributed by atoms with E-state index in [0.717, 1.165) is 10.5 Å². The molecule has 2 aromatic heterocycles. The maximum Gasteiger partial charge on any atom is 0.240 e. The Morgan fingerprint density at radius 1 is 1.03 bits per heavy atom. The molecule has 0 radical (unpaired) electrons. The summed E-state index contributed by atoms with van der Waals surface area (Å²) in [6.07, 6.45) is 0.301. The molecule has 0 aliphatic carbocycles. The summed E-state index contributed by atoms with van der Waals surface area (Å²) in [7, 11) is 3.11. The van der Waals surface area contributed by atoms with Gasteiger partial charge in [0.1, 0.15) is 13.2 Å². The predicted molar refractivity (Wildman–Crippen MR) is 114 cm³/mol.